The Morgan fingerprint density at radius 3 is 2.76 bits per heavy atom. The Labute approximate surface area is 107 Å². The minimum Gasteiger partial charge on any atom is -0.463 e. The van der Waals surface area contributed by atoms with Gasteiger partial charge in [0.1, 0.15) is 11.8 Å². The number of aromatic nitrogens is 2. The number of rotatable bonds is 1. The van der Waals surface area contributed by atoms with Gasteiger partial charge >= 0.3 is 0 Å². The van der Waals surface area contributed by atoms with Gasteiger partial charge in [-0.05, 0) is 53.2 Å². The summed E-state index contributed by atoms with van der Waals surface area (Å²) in [5, 5.41) is 9.28. The summed E-state index contributed by atoms with van der Waals surface area (Å²) < 4.78 is 6.33. The van der Waals surface area contributed by atoms with Crippen molar-refractivity contribution < 1.29 is 4.42 Å². The van der Waals surface area contributed by atoms with Crippen LogP contribution in [0.3, 0.4) is 0 Å². The van der Waals surface area contributed by atoms with Crippen molar-refractivity contribution in [3.8, 4) is 11.3 Å². The molecule has 4 heteroatoms. The van der Waals surface area contributed by atoms with Crippen molar-refractivity contribution >= 4 is 26.9 Å². The van der Waals surface area contributed by atoms with Gasteiger partial charge in [0.2, 0.25) is 0 Å². The molecule has 3 nitrogen and oxygen atoms in total. The van der Waals surface area contributed by atoms with Crippen LogP contribution in [-0.2, 0) is 0 Å². The zero-order chi connectivity index (χ0) is 11.8. The van der Waals surface area contributed by atoms with Crippen LogP contribution >= 0.6 is 15.9 Å². The maximum absolute atomic E-state index is 5.38. The number of nitrogens with zero attached hydrogens (tertiary/aromatic N) is 2. The molecule has 0 aliphatic heterocycles. The Hall–Kier alpha value is -1.68. The number of hydrogen-bond acceptors (Lipinski definition) is 3. The first-order valence-corrected chi connectivity index (χ1v) is 6.01. The first kappa shape index (κ1) is 10.5. The highest BCUT2D eigenvalue weighted by atomic mass is 79.9. The highest BCUT2D eigenvalue weighted by Gasteiger charge is 2.06. The third kappa shape index (κ3) is 1.85. The molecule has 0 saturated carbocycles. The lowest BCUT2D eigenvalue weighted by atomic mass is 10.1. The molecule has 3 rings (SSSR count). The molecule has 3 aromatic rings. The van der Waals surface area contributed by atoms with Crippen LogP contribution in [0, 0.1) is 6.92 Å². The van der Waals surface area contributed by atoms with E-state index in [9.17, 15) is 0 Å². The zero-order valence-electron chi connectivity index (χ0n) is 9.14. The number of furan rings is 1. The lowest BCUT2D eigenvalue weighted by Gasteiger charge is -2.00. The molecule has 0 amide bonds. The predicted molar refractivity (Wildman–Crippen MR) is 69.7 cm³/mol. The molecule has 0 saturated heterocycles. The van der Waals surface area contributed by atoms with Crippen LogP contribution in [0.25, 0.3) is 22.2 Å². The molecule has 0 aliphatic rings. The first-order chi connectivity index (χ1) is 8.24. The van der Waals surface area contributed by atoms with Crippen LogP contribution in [-0.4, -0.2) is 10.2 Å². The van der Waals surface area contributed by atoms with E-state index in [1.54, 1.807) is 6.26 Å². The molecule has 17 heavy (non-hydrogen) atoms. The molecule has 0 fully saturated rings. The van der Waals surface area contributed by atoms with Crippen molar-refractivity contribution in [2.45, 2.75) is 6.92 Å². The molecular formula is C13H9BrN2O. The van der Waals surface area contributed by atoms with Crippen LogP contribution < -0.4 is 0 Å². The summed E-state index contributed by atoms with van der Waals surface area (Å²) in [6, 6.07) is 9.89. The summed E-state index contributed by atoms with van der Waals surface area (Å²) in [6.45, 7) is 1.92. The Morgan fingerprint density at radius 2 is 2.00 bits per heavy atom. The summed E-state index contributed by atoms with van der Waals surface area (Å²) in [6.07, 6.45) is 1.69. The Balaban J connectivity index is 2.17. The maximum atomic E-state index is 5.38. The molecular weight excluding hydrogens is 280 g/mol. The van der Waals surface area contributed by atoms with Gasteiger partial charge in [-0.2, -0.15) is 10.2 Å². The molecule has 0 bridgehead atoms. The summed E-state index contributed by atoms with van der Waals surface area (Å²) in [4.78, 5) is 0. The lowest BCUT2D eigenvalue weighted by Crippen LogP contribution is -1.89. The Bertz CT molecular complexity index is 673. The minimum atomic E-state index is 0.862. The van der Waals surface area contributed by atoms with Gasteiger partial charge in [0.05, 0.1) is 15.9 Å². The molecule has 1 aromatic carbocycles. The Morgan fingerprint density at radius 1 is 1.12 bits per heavy atom. The SMILES string of the molecule is Cc1ccc(-c2ccc3occ(Br)c3c2)nn1. The first-order valence-electron chi connectivity index (χ1n) is 5.21. The summed E-state index contributed by atoms with van der Waals surface area (Å²) >= 11 is 3.46. The summed E-state index contributed by atoms with van der Waals surface area (Å²) in [5.74, 6) is 0. The Kier molecular flexibility index (Phi) is 2.44. The van der Waals surface area contributed by atoms with Crippen molar-refractivity contribution in [2.75, 3.05) is 0 Å². The van der Waals surface area contributed by atoms with Gasteiger partial charge in [-0.15, -0.1) is 0 Å². The van der Waals surface area contributed by atoms with Gasteiger partial charge in [0, 0.05) is 10.9 Å². The molecule has 0 aliphatic carbocycles. The number of halogens is 1. The standard InChI is InChI=1S/C13H9BrN2O/c1-8-2-4-12(16-15-8)9-3-5-13-10(6-9)11(14)7-17-13/h2-7H,1H3. The highest BCUT2D eigenvalue weighted by molar-refractivity contribution is 9.10. The highest BCUT2D eigenvalue weighted by Crippen LogP contribution is 2.29. The average Bonchev–Trinajstić information content (AvgIpc) is 2.72. The largest absolute Gasteiger partial charge is 0.463 e. The van der Waals surface area contributed by atoms with E-state index in [0.717, 1.165) is 32.4 Å². The fourth-order valence-corrected chi connectivity index (χ4v) is 2.11. The molecule has 0 unspecified atom stereocenters. The average molecular weight is 289 g/mol. The van der Waals surface area contributed by atoms with Crippen LogP contribution in [0.5, 0.6) is 0 Å². The van der Waals surface area contributed by atoms with Crippen LogP contribution in [0.2, 0.25) is 0 Å². The zero-order valence-corrected chi connectivity index (χ0v) is 10.7. The molecule has 0 atom stereocenters. The van der Waals surface area contributed by atoms with Crippen LogP contribution in [0.1, 0.15) is 5.69 Å². The van der Waals surface area contributed by atoms with E-state index < -0.39 is 0 Å². The second-order valence-electron chi connectivity index (χ2n) is 3.85. The molecule has 2 heterocycles. The smallest absolute Gasteiger partial charge is 0.135 e. The van der Waals surface area contributed by atoms with Gasteiger partial charge < -0.3 is 4.42 Å². The van der Waals surface area contributed by atoms with E-state index in [1.165, 1.54) is 0 Å². The fourth-order valence-electron chi connectivity index (χ4n) is 1.71. The third-order valence-corrected chi connectivity index (χ3v) is 3.23. The normalized spacial score (nSPS) is 10.9. The maximum Gasteiger partial charge on any atom is 0.135 e. The van der Waals surface area contributed by atoms with Crippen molar-refractivity contribution in [3.63, 3.8) is 0 Å². The minimum absolute atomic E-state index is 0.862. The number of benzene rings is 1. The van der Waals surface area contributed by atoms with Gasteiger partial charge in [0.15, 0.2) is 0 Å². The molecule has 0 radical (unpaired) electrons. The quantitative estimate of drug-likeness (QED) is 0.680. The summed E-state index contributed by atoms with van der Waals surface area (Å²) in [7, 11) is 0. The molecule has 0 N–H and O–H groups in total. The van der Waals surface area contributed by atoms with Gasteiger partial charge in [-0.3, -0.25) is 0 Å². The van der Waals surface area contributed by atoms with Gasteiger partial charge in [-0.25, -0.2) is 0 Å². The van der Waals surface area contributed by atoms with E-state index in [-0.39, 0.29) is 0 Å². The second-order valence-corrected chi connectivity index (χ2v) is 4.71. The van der Waals surface area contributed by atoms with E-state index in [0.29, 0.717) is 0 Å². The second kappa shape index (κ2) is 3.96. The number of hydrogen-bond donors (Lipinski definition) is 0. The monoisotopic (exact) mass is 288 g/mol. The van der Waals surface area contributed by atoms with E-state index in [1.807, 2.05) is 37.3 Å². The molecule has 84 valence electrons. The molecule has 0 spiro atoms. The van der Waals surface area contributed by atoms with E-state index in [2.05, 4.69) is 26.1 Å². The van der Waals surface area contributed by atoms with E-state index >= 15 is 0 Å². The van der Waals surface area contributed by atoms with Crippen molar-refractivity contribution in [1.82, 2.24) is 10.2 Å². The molecule has 2 aromatic heterocycles. The van der Waals surface area contributed by atoms with Crippen LogP contribution in [0.15, 0.2) is 45.5 Å². The van der Waals surface area contributed by atoms with Gasteiger partial charge in [0.25, 0.3) is 0 Å². The topological polar surface area (TPSA) is 38.9 Å². The number of aryl methyl sites for hydroxylation is 1. The third-order valence-electron chi connectivity index (χ3n) is 2.62. The predicted octanol–water partition coefficient (Wildman–Crippen LogP) is 3.96. The van der Waals surface area contributed by atoms with Crippen molar-refractivity contribution in [3.05, 3.63) is 46.8 Å². The summed E-state index contributed by atoms with van der Waals surface area (Å²) in [5.41, 5.74) is 3.68. The lowest BCUT2D eigenvalue weighted by molar-refractivity contribution is 0.614. The van der Waals surface area contributed by atoms with Crippen molar-refractivity contribution in [2.24, 2.45) is 0 Å². The van der Waals surface area contributed by atoms with E-state index in [4.69, 9.17) is 4.42 Å². The van der Waals surface area contributed by atoms with Crippen LogP contribution in [0.4, 0.5) is 0 Å². The fraction of sp³-hybridized carbons (Fsp3) is 0.0769. The van der Waals surface area contributed by atoms with Gasteiger partial charge in [-0.1, -0.05) is 0 Å². The number of fused-ring (bicyclic) bond motifs is 1. The van der Waals surface area contributed by atoms with Crippen molar-refractivity contribution in [1.29, 1.82) is 0 Å².